The molecular formula is C24H20Cl4O5. The highest BCUT2D eigenvalue weighted by molar-refractivity contribution is 6.43. The number of benzene rings is 3. The molecular weight excluding hydrogens is 510 g/mol. The van der Waals surface area contributed by atoms with Gasteiger partial charge in [0.2, 0.25) is 0 Å². The summed E-state index contributed by atoms with van der Waals surface area (Å²) in [6, 6.07) is 17.4. The third-order valence-corrected chi connectivity index (χ3v) is 5.62. The summed E-state index contributed by atoms with van der Waals surface area (Å²) >= 11 is 23.7. The Labute approximate surface area is 212 Å². The molecule has 0 saturated heterocycles. The first kappa shape index (κ1) is 25.3. The molecule has 0 aliphatic carbocycles. The van der Waals surface area contributed by atoms with E-state index < -0.39 is 12.1 Å². The molecule has 0 fully saturated rings. The Morgan fingerprint density at radius 2 is 1.42 bits per heavy atom. The monoisotopic (exact) mass is 528 g/mol. The van der Waals surface area contributed by atoms with Crippen molar-refractivity contribution in [3.05, 3.63) is 86.3 Å². The summed E-state index contributed by atoms with van der Waals surface area (Å²) in [5, 5.41) is 1.61. The van der Waals surface area contributed by atoms with Crippen molar-refractivity contribution in [3.8, 4) is 17.2 Å². The zero-order valence-corrected chi connectivity index (χ0v) is 20.5. The molecule has 9 heteroatoms. The minimum Gasteiger partial charge on any atom is -0.489 e. The zero-order valence-electron chi connectivity index (χ0n) is 17.5. The summed E-state index contributed by atoms with van der Waals surface area (Å²) < 4.78 is 22.0. The SMILES string of the molecule is CC(Oc1ccc(COc2ccc(Cl)cc2)cc1)C(=O)OCCOc1cc(Cl)c(Cl)cc1Cl. The number of carbonyl (C=O) groups is 1. The van der Waals surface area contributed by atoms with Gasteiger partial charge in [0.05, 0.1) is 15.1 Å². The van der Waals surface area contributed by atoms with Crippen LogP contribution in [0.1, 0.15) is 12.5 Å². The van der Waals surface area contributed by atoms with Gasteiger partial charge in [0.1, 0.15) is 37.1 Å². The van der Waals surface area contributed by atoms with Crippen LogP contribution in [0, 0.1) is 0 Å². The Morgan fingerprint density at radius 3 is 2.12 bits per heavy atom. The molecule has 1 unspecified atom stereocenters. The molecule has 0 aliphatic rings. The molecule has 0 N–H and O–H groups in total. The molecule has 3 aromatic carbocycles. The van der Waals surface area contributed by atoms with Crippen molar-refractivity contribution in [2.75, 3.05) is 13.2 Å². The molecule has 3 rings (SSSR count). The molecule has 1 atom stereocenters. The number of ether oxygens (including phenoxy) is 4. The van der Waals surface area contributed by atoms with Crippen molar-refractivity contribution in [2.45, 2.75) is 19.6 Å². The van der Waals surface area contributed by atoms with E-state index in [9.17, 15) is 4.79 Å². The highest BCUT2D eigenvalue weighted by atomic mass is 35.5. The summed E-state index contributed by atoms with van der Waals surface area (Å²) in [6.45, 7) is 2.11. The summed E-state index contributed by atoms with van der Waals surface area (Å²) in [6.07, 6.45) is -0.797. The first-order valence-corrected chi connectivity index (χ1v) is 11.4. The van der Waals surface area contributed by atoms with Crippen molar-refractivity contribution in [1.82, 2.24) is 0 Å². The fourth-order valence-corrected chi connectivity index (χ4v) is 3.36. The van der Waals surface area contributed by atoms with Crippen LogP contribution in [0.4, 0.5) is 0 Å². The van der Waals surface area contributed by atoms with Crippen molar-refractivity contribution in [1.29, 1.82) is 0 Å². The Morgan fingerprint density at radius 1 is 0.788 bits per heavy atom. The molecule has 3 aromatic rings. The molecule has 0 amide bonds. The molecule has 33 heavy (non-hydrogen) atoms. The number of esters is 1. The van der Waals surface area contributed by atoms with Crippen LogP contribution in [-0.2, 0) is 16.1 Å². The molecule has 0 aliphatic heterocycles. The van der Waals surface area contributed by atoms with Crippen molar-refractivity contribution >= 4 is 52.4 Å². The van der Waals surface area contributed by atoms with Gasteiger partial charge in [0.15, 0.2) is 6.10 Å². The van der Waals surface area contributed by atoms with Gasteiger partial charge >= 0.3 is 5.97 Å². The van der Waals surface area contributed by atoms with Crippen LogP contribution in [-0.4, -0.2) is 25.3 Å². The maximum Gasteiger partial charge on any atom is 0.347 e. The second kappa shape index (κ2) is 12.2. The van der Waals surface area contributed by atoms with E-state index in [4.69, 9.17) is 65.4 Å². The predicted octanol–water partition coefficient (Wildman–Crippen LogP) is 7.27. The smallest absolute Gasteiger partial charge is 0.347 e. The third kappa shape index (κ3) is 7.90. The number of hydrogen-bond acceptors (Lipinski definition) is 5. The van der Waals surface area contributed by atoms with Crippen LogP contribution in [0.3, 0.4) is 0 Å². The van der Waals surface area contributed by atoms with Gasteiger partial charge in [-0.25, -0.2) is 4.79 Å². The summed E-state index contributed by atoms with van der Waals surface area (Å²) in [5.41, 5.74) is 0.950. The van der Waals surface area contributed by atoms with Crippen molar-refractivity contribution in [3.63, 3.8) is 0 Å². The van der Waals surface area contributed by atoms with Crippen LogP contribution in [0.5, 0.6) is 17.2 Å². The lowest BCUT2D eigenvalue weighted by Gasteiger charge is -2.15. The Bertz CT molecular complexity index is 1070. The van der Waals surface area contributed by atoms with E-state index in [0.29, 0.717) is 38.2 Å². The topological polar surface area (TPSA) is 54.0 Å². The minimum atomic E-state index is -0.797. The first-order valence-electron chi connectivity index (χ1n) is 9.90. The van der Waals surface area contributed by atoms with Crippen molar-refractivity contribution < 1.29 is 23.7 Å². The van der Waals surface area contributed by atoms with Gasteiger partial charge < -0.3 is 18.9 Å². The van der Waals surface area contributed by atoms with Crippen LogP contribution in [0.25, 0.3) is 0 Å². The molecule has 5 nitrogen and oxygen atoms in total. The number of hydrogen-bond donors (Lipinski definition) is 0. The van der Waals surface area contributed by atoms with E-state index in [0.717, 1.165) is 11.3 Å². The average molecular weight is 530 g/mol. The second-order valence-electron chi connectivity index (χ2n) is 6.86. The van der Waals surface area contributed by atoms with E-state index >= 15 is 0 Å². The van der Waals surface area contributed by atoms with E-state index in [2.05, 4.69) is 0 Å². The maximum absolute atomic E-state index is 12.2. The fourth-order valence-electron chi connectivity index (χ4n) is 2.64. The molecule has 0 heterocycles. The highest BCUT2D eigenvalue weighted by Gasteiger charge is 2.16. The second-order valence-corrected chi connectivity index (χ2v) is 8.52. The molecule has 0 aromatic heterocycles. The Kier molecular flexibility index (Phi) is 9.39. The maximum atomic E-state index is 12.2. The molecule has 0 saturated carbocycles. The van der Waals surface area contributed by atoms with E-state index in [1.165, 1.54) is 12.1 Å². The number of carbonyl (C=O) groups excluding carboxylic acids is 1. The zero-order chi connectivity index (χ0) is 23.8. The normalized spacial score (nSPS) is 11.5. The number of rotatable bonds is 10. The van der Waals surface area contributed by atoms with E-state index in [1.807, 2.05) is 12.1 Å². The molecule has 0 bridgehead atoms. The number of halogens is 4. The summed E-state index contributed by atoms with van der Waals surface area (Å²) in [7, 11) is 0. The Balaban J connectivity index is 1.40. The lowest BCUT2D eigenvalue weighted by Crippen LogP contribution is -2.27. The molecule has 174 valence electrons. The van der Waals surface area contributed by atoms with Crippen LogP contribution >= 0.6 is 46.4 Å². The van der Waals surface area contributed by atoms with E-state index in [-0.39, 0.29) is 13.2 Å². The summed E-state index contributed by atoms with van der Waals surface area (Å²) in [5.74, 6) is 1.09. The van der Waals surface area contributed by atoms with Crippen LogP contribution in [0.2, 0.25) is 20.1 Å². The largest absolute Gasteiger partial charge is 0.489 e. The van der Waals surface area contributed by atoms with Gasteiger partial charge in [-0.15, -0.1) is 0 Å². The third-order valence-electron chi connectivity index (χ3n) is 4.35. The lowest BCUT2D eigenvalue weighted by molar-refractivity contribution is -0.151. The quantitative estimate of drug-likeness (QED) is 0.157. The van der Waals surface area contributed by atoms with Gasteiger partial charge in [-0.1, -0.05) is 58.5 Å². The van der Waals surface area contributed by atoms with Crippen molar-refractivity contribution in [2.24, 2.45) is 0 Å². The van der Waals surface area contributed by atoms with Crippen LogP contribution < -0.4 is 14.2 Å². The summed E-state index contributed by atoms with van der Waals surface area (Å²) in [4.78, 5) is 12.2. The highest BCUT2D eigenvalue weighted by Crippen LogP contribution is 2.33. The lowest BCUT2D eigenvalue weighted by atomic mass is 10.2. The molecule has 0 spiro atoms. The fraction of sp³-hybridized carbons (Fsp3) is 0.208. The van der Waals surface area contributed by atoms with Gasteiger partial charge in [-0.3, -0.25) is 0 Å². The average Bonchev–Trinajstić information content (AvgIpc) is 2.80. The molecule has 0 radical (unpaired) electrons. The Hall–Kier alpha value is -2.31. The van der Waals surface area contributed by atoms with Gasteiger partial charge in [0.25, 0.3) is 0 Å². The minimum absolute atomic E-state index is 0.0179. The first-order chi connectivity index (χ1) is 15.8. The van der Waals surface area contributed by atoms with Gasteiger partial charge in [-0.2, -0.15) is 0 Å². The van der Waals surface area contributed by atoms with Gasteiger partial charge in [0, 0.05) is 11.1 Å². The van der Waals surface area contributed by atoms with Gasteiger partial charge in [-0.05, 0) is 55.0 Å². The predicted molar refractivity (Wildman–Crippen MR) is 130 cm³/mol. The van der Waals surface area contributed by atoms with Crippen LogP contribution in [0.15, 0.2) is 60.7 Å². The standard InChI is InChI=1S/C24H20Cl4O5/c1-15(24(29)31-11-10-30-23-13-21(27)20(26)12-22(23)28)33-19-6-2-16(3-7-19)14-32-18-8-4-17(25)5-9-18/h2-9,12-13,15H,10-11,14H2,1H3. The van der Waals surface area contributed by atoms with E-state index in [1.54, 1.807) is 43.3 Å².